The van der Waals surface area contributed by atoms with Crippen LogP contribution in [0.5, 0.6) is 0 Å². The van der Waals surface area contributed by atoms with E-state index in [0.717, 1.165) is 25.6 Å². The summed E-state index contributed by atoms with van der Waals surface area (Å²) in [6.07, 6.45) is 7.88. The normalized spacial score (nSPS) is 14.8. The lowest BCUT2D eigenvalue weighted by molar-refractivity contribution is 0.603. The zero-order chi connectivity index (χ0) is 13.1. The Morgan fingerprint density at radius 3 is 2.68 bits per heavy atom. The van der Waals surface area contributed by atoms with Crippen molar-refractivity contribution in [1.29, 1.82) is 0 Å². The maximum Gasteiger partial charge on any atom is 0.0568 e. The Bertz CT molecular complexity index is 523. The molecule has 1 aliphatic carbocycles. The predicted octanol–water partition coefficient (Wildman–Crippen LogP) is 3.21. The molecule has 1 saturated carbocycles. The maximum absolute atomic E-state index is 4.38. The Morgan fingerprint density at radius 2 is 2.00 bits per heavy atom. The predicted molar refractivity (Wildman–Crippen MR) is 77.8 cm³/mol. The second-order valence-electron chi connectivity index (χ2n) is 5.34. The zero-order valence-electron chi connectivity index (χ0n) is 11.5. The van der Waals surface area contributed by atoms with E-state index in [0.29, 0.717) is 0 Å². The average Bonchev–Trinajstić information content (AvgIpc) is 3.16. The van der Waals surface area contributed by atoms with E-state index in [2.05, 4.69) is 47.8 Å². The lowest BCUT2D eigenvalue weighted by Crippen LogP contribution is -2.14. The second-order valence-corrected chi connectivity index (χ2v) is 5.34. The van der Waals surface area contributed by atoms with Crippen LogP contribution >= 0.6 is 0 Å². The van der Waals surface area contributed by atoms with Gasteiger partial charge < -0.3 is 5.32 Å². The van der Waals surface area contributed by atoms with Crippen LogP contribution in [-0.2, 0) is 13.1 Å². The van der Waals surface area contributed by atoms with Crippen molar-refractivity contribution in [3.05, 3.63) is 42.2 Å². The monoisotopic (exact) mass is 255 g/mol. The molecule has 0 aliphatic heterocycles. The van der Waals surface area contributed by atoms with E-state index in [1.165, 1.54) is 29.5 Å². The highest BCUT2D eigenvalue weighted by molar-refractivity contribution is 5.61. The highest BCUT2D eigenvalue weighted by atomic mass is 15.3. The van der Waals surface area contributed by atoms with E-state index in [1.54, 1.807) is 0 Å². The Kier molecular flexibility index (Phi) is 3.65. The number of benzene rings is 1. The molecule has 0 saturated heterocycles. The van der Waals surface area contributed by atoms with Gasteiger partial charge in [0, 0.05) is 30.9 Å². The molecule has 1 fully saturated rings. The average molecular weight is 255 g/mol. The standard InChI is InChI=1S/C16H21N3/c1-2-9-19-12-15(11-18-19)14-5-3-13(4-6-14)10-17-16-7-8-16/h3-6,11-12,16-17H,2,7-10H2,1H3. The van der Waals surface area contributed by atoms with Gasteiger partial charge in [0.1, 0.15) is 0 Å². The fourth-order valence-corrected chi connectivity index (χ4v) is 2.23. The van der Waals surface area contributed by atoms with Crippen LogP contribution in [0.4, 0.5) is 0 Å². The van der Waals surface area contributed by atoms with Crippen LogP contribution in [0.15, 0.2) is 36.7 Å². The van der Waals surface area contributed by atoms with Crippen LogP contribution < -0.4 is 5.32 Å². The molecule has 1 N–H and O–H groups in total. The SMILES string of the molecule is CCCn1cc(-c2ccc(CNC3CC3)cc2)cn1. The first-order valence-electron chi connectivity index (χ1n) is 7.20. The summed E-state index contributed by atoms with van der Waals surface area (Å²) < 4.78 is 2.01. The lowest BCUT2D eigenvalue weighted by Gasteiger charge is -2.04. The number of aryl methyl sites for hydroxylation is 1. The molecule has 3 rings (SSSR count). The molecule has 1 aromatic heterocycles. The van der Waals surface area contributed by atoms with Crippen molar-refractivity contribution in [2.75, 3.05) is 0 Å². The summed E-state index contributed by atoms with van der Waals surface area (Å²) in [5.74, 6) is 0. The number of nitrogens with zero attached hydrogens (tertiary/aromatic N) is 2. The van der Waals surface area contributed by atoms with E-state index in [-0.39, 0.29) is 0 Å². The van der Waals surface area contributed by atoms with Gasteiger partial charge in [-0.1, -0.05) is 31.2 Å². The molecule has 0 atom stereocenters. The van der Waals surface area contributed by atoms with E-state index in [1.807, 2.05) is 10.9 Å². The molecule has 2 aromatic rings. The van der Waals surface area contributed by atoms with Gasteiger partial charge in [0.2, 0.25) is 0 Å². The molecule has 0 bridgehead atoms. The van der Waals surface area contributed by atoms with E-state index >= 15 is 0 Å². The molecule has 3 nitrogen and oxygen atoms in total. The van der Waals surface area contributed by atoms with Crippen molar-refractivity contribution < 1.29 is 0 Å². The fraction of sp³-hybridized carbons (Fsp3) is 0.438. The molecule has 19 heavy (non-hydrogen) atoms. The highest BCUT2D eigenvalue weighted by Gasteiger charge is 2.19. The molecule has 0 unspecified atom stereocenters. The van der Waals surface area contributed by atoms with Gasteiger partial charge in [-0.2, -0.15) is 5.10 Å². The summed E-state index contributed by atoms with van der Waals surface area (Å²) in [5.41, 5.74) is 3.81. The van der Waals surface area contributed by atoms with Crippen LogP contribution in [-0.4, -0.2) is 15.8 Å². The van der Waals surface area contributed by atoms with Gasteiger partial charge in [-0.3, -0.25) is 4.68 Å². The van der Waals surface area contributed by atoms with Crippen molar-refractivity contribution in [2.45, 2.75) is 45.3 Å². The number of hydrogen-bond donors (Lipinski definition) is 1. The van der Waals surface area contributed by atoms with Crippen molar-refractivity contribution in [3.63, 3.8) is 0 Å². The summed E-state index contributed by atoms with van der Waals surface area (Å²) in [6.45, 7) is 4.15. The Labute approximate surface area is 114 Å². The van der Waals surface area contributed by atoms with E-state index in [9.17, 15) is 0 Å². The summed E-state index contributed by atoms with van der Waals surface area (Å²) >= 11 is 0. The van der Waals surface area contributed by atoms with Gasteiger partial charge >= 0.3 is 0 Å². The summed E-state index contributed by atoms with van der Waals surface area (Å²) in [4.78, 5) is 0. The molecular weight excluding hydrogens is 234 g/mol. The van der Waals surface area contributed by atoms with Gasteiger partial charge in [0.15, 0.2) is 0 Å². The largest absolute Gasteiger partial charge is 0.310 e. The molecule has 0 amide bonds. The minimum absolute atomic E-state index is 0.770. The van der Waals surface area contributed by atoms with Crippen LogP contribution in [0.2, 0.25) is 0 Å². The number of nitrogens with one attached hydrogen (secondary N) is 1. The van der Waals surface area contributed by atoms with Gasteiger partial charge in [0.05, 0.1) is 6.20 Å². The van der Waals surface area contributed by atoms with E-state index in [4.69, 9.17) is 0 Å². The number of aromatic nitrogens is 2. The zero-order valence-corrected chi connectivity index (χ0v) is 11.5. The maximum atomic E-state index is 4.38. The van der Waals surface area contributed by atoms with Crippen molar-refractivity contribution in [3.8, 4) is 11.1 Å². The molecule has 0 radical (unpaired) electrons. The van der Waals surface area contributed by atoms with Gasteiger partial charge in [-0.15, -0.1) is 0 Å². The third-order valence-corrected chi connectivity index (χ3v) is 3.55. The Morgan fingerprint density at radius 1 is 1.21 bits per heavy atom. The lowest BCUT2D eigenvalue weighted by atomic mass is 10.1. The molecule has 3 heteroatoms. The molecule has 100 valence electrons. The molecule has 0 spiro atoms. The first-order valence-corrected chi connectivity index (χ1v) is 7.20. The van der Waals surface area contributed by atoms with Crippen molar-refractivity contribution >= 4 is 0 Å². The molecule has 1 heterocycles. The Hall–Kier alpha value is -1.61. The molecule has 1 aliphatic rings. The summed E-state index contributed by atoms with van der Waals surface area (Å²) in [5, 5.41) is 7.91. The van der Waals surface area contributed by atoms with Crippen LogP contribution in [0.3, 0.4) is 0 Å². The smallest absolute Gasteiger partial charge is 0.0568 e. The minimum Gasteiger partial charge on any atom is -0.310 e. The highest BCUT2D eigenvalue weighted by Crippen LogP contribution is 2.21. The van der Waals surface area contributed by atoms with Crippen molar-refractivity contribution in [1.82, 2.24) is 15.1 Å². The third-order valence-electron chi connectivity index (χ3n) is 3.55. The summed E-state index contributed by atoms with van der Waals surface area (Å²) in [6, 6.07) is 9.57. The Balaban J connectivity index is 1.66. The van der Waals surface area contributed by atoms with Crippen LogP contribution in [0.25, 0.3) is 11.1 Å². The fourth-order valence-electron chi connectivity index (χ4n) is 2.23. The first kappa shape index (κ1) is 12.4. The van der Waals surface area contributed by atoms with Crippen LogP contribution in [0.1, 0.15) is 31.7 Å². The topological polar surface area (TPSA) is 29.9 Å². The van der Waals surface area contributed by atoms with Gasteiger partial charge in [-0.25, -0.2) is 0 Å². The second kappa shape index (κ2) is 5.57. The molecular formula is C16H21N3. The van der Waals surface area contributed by atoms with Gasteiger partial charge in [-0.05, 0) is 30.4 Å². The van der Waals surface area contributed by atoms with E-state index < -0.39 is 0 Å². The summed E-state index contributed by atoms with van der Waals surface area (Å²) in [7, 11) is 0. The minimum atomic E-state index is 0.770. The van der Waals surface area contributed by atoms with Gasteiger partial charge in [0.25, 0.3) is 0 Å². The molecule has 1 aromatic carbocycles. The van der Waals surface area contributed by atoms with Crippen molar-refractivity contribution in [2.24, 2.45) is 0 Å². The first-order chi connectivity index (χ1) is 9.35. The number of rotatable bonds is 6. The number of hydrogen-bond acceptors (Lipinski definition) is 2. The van der Waals surface area contributed by atoms with Crippen LogP contribution in [0, 0.1) is 0 Å². The quantitative estimate of drug-likeness (QED) is 0.859. The third kappa shape index (κ3) is 3.24.